The second-order valence-corrected chi connectivity index (χ2v) is 5.31. The molecule has 1 N–H and O–H groups in total. The van der Waals surface area contributed by atoms with Crippen molar-refractivity contribution in [3.05, 3.63) is 30.1 Å². The van der Waals surface area contributed by atoms with Gasteiger partial charge in [-0.1, -0.05) is 26.8 Å². The summed E-state index contributed by atoms with van der Waals surface area (Å²) in [5.74, 6) is 0.648. The molecule has 108 valence electrons. The van der Waals surface area contributed by atoms with Crippen LogP contribution in [0.4, 0.5) is 0 Å². The van der Waals surface area contributed by atoms with Gasteiger partial charge in [0.2, 0.25) is 0 Å². The van der Waals surface area contributed by atoms with Crippen molar-refractivity contribution in [3.8, 4) is 0 Å². The SMILES string of the molecule is CCCNCC(C)C(C)N(CC)Cc1ccccn1. The number of rotatable bonds is 9. The van der Waals surface area contributed by atoms with Gasteiger partial charge in [-0.3, -0.25) is 9.88 Å². The molecule has 0 spiro atoms. The summed E-state index contributed by atoms with van der Waals surface area (Å²) < 4.78 is 0. The van der Waals surface area contributed by atoms with Gasteiger partial charge in [0.15, 0.2) is 0 Å². The Kier molecular flexibility index (Phi) is 7.68. The van der Waals surface area contributed by atoms with Gasteiger partial charge in [-0.05, 0) is 51.0 Å². The Morgan fingerprint density at radius 3 is 2.63 bits per heavy atom. The third kappa shape index (κ3) is 5.70. The summed E-state index contributed by atoms with van der Waals surface area (Å²) in [6, 6.07) is 6.71. The molecule has 0 aromatic carbocycles. The van der Waals surface area contributed by atoms with Gasteiger partial charge < -0.3 is 5.32 Å². The average molecular weight is 263 g/mol. The van der Waals surface area contributed by atoms with Gasteiger partial charge in [0.1, 0.15) is 0 Å². The first-order valence-electron chi connectivity index (χ1n) is 7.53. The van der Waals surface area contributed by atoms with Crippen molar-refractivity contribution in [2.45, 2.75) is 46.7 Å². The lowest BCUT2D eigenvalue weighted by atomic mass is 10.0. The van der Waals surface area contributed by atoms with E-state index in [-0.39, 0.29) is 0 Å². The Hall–Kier alpha value is -0.930. The van der Waals surface area contributed by atoms with Crippen molar-refractivity contribution < 1.29 is 0 Å². The Balaban J connectivity index is 2.48. The summed E-state index contributed by atoms with van der Waals surface area (Å²) in [5, 5.41) is 3.52. The molecule has 2 atom stereocenters. The molecule has 3 nitrogen and oxygen atoms in total. The van der Waals surface area contributed by atoms with Crippen LogP contribution in [-0.4, -0.2) is 35.6 Å². The van der Waals surface area contributed by atoms with E-state index in [1.807, 2.05) is 12.3 Å². The second kappa shape index (κ2) is 9.05. The van der Waals surface area contributed by atoms with Crippen molar-refractivity contribution in [1.82, 2.24) is 15.2 Å². The molecule has 1 heterocycles. The normalized spacial score (nSPS) is 14.6. The van der Waals surface area contributed by atoms with Crippen LogP contribution in [0.1, 0.15) is 39.8 Å². The smallest absolute Gasteiger partial charge is 0.0544 e. The quantitative estimate of drug-likeness (QED) is 0.694. The van der Waals surface area contributed by atoms with Gasteiger partial charge >= 0.3 is 0 Å². The van der Waals surface area contributed by atoms with Crippen LogP contribution in [0, 0.1) is 5.92 Å². The summed E-state index contributed by atoms with van der Waals surface area (Å²) in [7, 11) is 0. The van der Waals surface area contributed by atoms with Crippen molar-refractivity contribution in [2.75, 3.05) is 19.6 Å². The lowest BCUT2D eigenvalue weighted by Crippen LogP contribution is -2.41. The molecule has 0 bridgehead atoms. The maximum Gasteiger partial charge on any atom is 0.0544 e. The average Bonchev–Trinajstić information content (AvgIpc) is 2.45. The van der Waals surface area contributed by atoms with Crippen LogP contribution in [0.3, 0.4) is 0 Å². The Morgan fingerprint density at radius 2 is 2.05 bits per heavy atom. The second-order valence-electron chi connectivity index (χ2n) is 5.31. The van der Waals surface area contributed by atoms with E-state index in [4.69, 9.17) is 0 Å². The van der Waals surface area contributed by atoms with Gasteiger partial charge in [-0.15, -0.1) is 0 Å². The van der Waals surface area contributed by atoms with Crippen molar-refractivity contribution in [3.63, 3.8) is 0 Å². The number of hydrogen-bond acceptors (Lipinski definition) is 3. The Morgan fingerprint density at radius 1 is 1.26 bits per heavy atom. The first-order chi connectivity index (χ1) is 9.19. The van der Waals surface area contributed by atoms with Crippen LogP contribution in [0.15, 0.2) is 24.4 Å². The fourth-order valence-electron chi connectivity index (χ4n) is 2.28. The number of aromatic nitrogens is 1. The summed E-state index contributed by atoms with van der Waals surface area (Å²) in [4.78, 5) is 6.93. The third-order valence-corrected chi connectivity index (χ3v) is 3.79. The molecule has 0 saturated heterocycles. The maximum atomic E-state index is 4.43. The van der Waals surface area contributed by atoms with Gasteiger partial charge in [-0.25, -0.2) is 0 Å². The predicted octanol–water partition coefficient (Wildman–Crippen LogP) is 2.93. The van der Waals surface area contributed by atoms with Gasteiger partial charge in [0.05, 0.1) is 5.69 Å². The molecule has 1 aromatic rings. The summed E-state index contributed by atoms with van der Waals surface area (Å²) in [6.07, 6.45) is 3.08. The zero-order valence-corrected chi connectivity index (χ0v) is 12.9. The zero-order chi connectivity index (χ0) is 14.1. The lowest BCUT2D eigenvalue weighted by Gasteiger charge is -2.32. The molecule has 0 saturated carbocycles. The van der Waals surface area contributed by atoms with Crippen LogP contribution in [0.2, 0.25) is 0 Å². The molecule has 2 unspecified atom stereocenters. The molecule has 0 amide bonds. The predicted molar refractivity (Wildman–Crippen MR) is 82.1 cm³/mol. The monoisotopic (exact) mass is 263 g/mol. The molecule has 1 rings (SSSR count). The number of nitrogens with one attached hydrogen (secondary N) is 1. The summed E-state index contributed by atoms with van der Waals surface area (Å²) in [5.41, 5.74) is 1.16. The minimum atomic E-state index is 0.566. The number of pyridine rings is 1. The fraction of sp³-hybridized carbons (Fsp3) is 0.688. The first kappa shape index (κ1) is 16.1. The minimum Gasteiger partial charge on any atom is -0.316 e. The molecule has 0 aliphatic carbocycles. The fourth-order valence-corrected chi connectivity index (χ4v) is 2.28. The summed E-state index contributed by atoms with van der Waals surface area (Å²) in [6.45, 7) is 13.3. The van der Waals surface area contributed by atoms with Crippen molar-refractivity contribution in [1.29, 1.82) is 0 Å². The van der Waals surface area contributed by atoms with E-state index in [9.17, 15) is 0 Å². The van der Waals surface area contributed by atoms with E-state index in [0.29, 0.717) is 12.0 Å². The van der Waals surface area contributed by atoms with Crippen LogP contribution < -0.4 is 5.32 Å². The molecule has 19 heavy (non-hydrogen) atoms. The highest BCUT2D eigenvalue weighted by Gasteiger charge is 2.19. The summed E-state index contributed by atoms with van der Waals surface area (Å²) >= 11 is 0. The van der Waals surface area contributed by atoms with E-state index in [2.05, 4.69) is 55.0 Å². The van der Waals surface area contributed by atoms with E-state index in [0.717, 1.165) is 31.9 Å². The highest BCUT2D eigenvalue weighted by Crippen LogP contribution is 2.13. The Bertz CT molecular complexity index is 326. The third-order valence-electron chi connectivity index (χ3n) is 3.79. The largest absolute Gasteiger partial charge is 0.316 e. The molecular formula is C16H29N3. The van der Waals surface area contributed by atoms with E-state index < -0.39 is 0 Å². The van der Waals surface area contributed by atoms with Gasteiger partial charge in [0, 0.05) is 18.8 Å². The standard InChI is InChI=1S/C16H29N3/c1-5-10-17-12-14(3)15(4)19(6-2)13-16-9-7-8-11-18-16/h7-9,11,14-15,17H,5-6,10,12-13H2,1-4H3. The van der Waals surface area contributed by atoms with Crippen LogP contribution in [-0.2, 0) is 6.54 Å². The molecule has 0 aliphatic heterocycles. The van der Waals surface area contributed by atoms with Crippen LogP contribution in [0.25, 0.3) is 0 Å². The molecule has 0 radical (unpaired) electrons. The molecule has 1 aromatic heterocycles. The van der Waals surface area contributed by atoms with Crippen molar-refractivity contribution in [2.24, 2.45) is 5.92 Å². The zero-order valence-electron chi connectivity index (χ0n) is 12.9. The minimum absolute atomic E-state index is 0.566. The first-order valence-corrected chi connectivity index (χ1v) is 7.53. The molecular weight excluding hydrogens is 234 g/mol. The molecule has 3 heteroatoms. The van der Waals surface area contributed by atoms with E-state index >= 15 is 0 Å². The van der Waals surface area contributed by atoms with Gasteiger partial charge in [-0.2, -0.15) is 0 Å². The van der Waals surface area contributed by atoms with E-state index in [1.165, 1.54) is 6.42 Å². The lowest BCUT2D eigenvalue weighted by molar-refractivity contribution is 0.157. The number of nitrogens with zero attached hydrogens (tertiary/aromatic N) is 2. The highest BCUT2D eigenvalue weighted by molar-refractivity contribution is 5.03. The Labute approximate surface area is 118 Å². The molecule has 0 aliphatic rings. The maximum absolute atomic E-state index is 4.43. The van der Waals surface area contributed by atoms with Crippen molar-refractivity contribution >= 4 is 0 Å². The number of hydrogen-bond donors (Lipinski definition) is 1. The van der Waals surface area contributed by atoms with Crippen LogP contribution >= 0.6 is 0 Å². The topological polar surface area (TPSA) is 28.2 Å². The van der Waals surface area contributed by atoms with Crippen LogP contribution in [0.5, 0.6) is 0 Å². The highest BCUT2D eigenvalue weighted by atomic mass is 15.2. The van der Waals surface area contributed by atoms with E-state index in [1.54, 1.807) is 0 Å². The van der Waals surface area contributed by atoms with Gasteiger partial charge in [0.25, 0.3) is 0 Å². The molecule has 0 fully saturated rings.